The predicted octanol–water partition coefficient (Wildman–Crippen LogP) is 3.22. The molecule has 2 rings (SSSR count). The van der Waals surface area contributed by atoms with E-state index in [1.165, 1.54) is 4.90 Å². The van der Waals surface area contributed by atoms with Gasteiger partial charge in [0, 0.05) is 12.2 Å². The summed E-state index contributed by atoms with van der Waals surface area (Å²) < 4.78 is 0. The maximum Gasteiger partial charge on any atom is 0.237 e. The molecule has 1 aliphatic heterocycles. The van der Waals surface area contributed by atoms with Crippen molar-refractivity contribution in [3.8, 4) is 6.07 Å². The summed E-state index contributed by atoms with van der Waals surface area (Å²) in [6.07, 6.45) is 0.983. The molecular weight excluding hydrogens is 299 g/mol. The smallest absolute Gasteiger partial charge is 0.237 e. The second kappa shape index (κ2) is 6.25. The van der Waals surface area contributed by atoms with Crippen LogP contribution in [0.25, 0.3) is 0 Å². The van der Waals surface area contributed by atoms with Crippen LogP contribution in [0.1, 0.15) is 19.3 Å². The Morgan fingerprint density at radius 2 is 2.15 bits per heavy atom. The van der Waals surface area contributed by atoms with E-state index in [2.05, 4.69) is 0 Å². The highest BCUT2D eigenvalue weighted by molar-refractivity contribution is 6.42. The van der Waals surface area contributed by atoms with Gasteiger partial charge in [-0.1, -0.05) is 23.2 Å². The molecule has 0 saturated carbocycles. The zero-order valence-electron chi connectivity index (χ0n) is 10.6. The molecule has 1 heterocycles. The lowest BCUT2D eigenvalue weighted by atomic mass is 9.91. The van der Waals surface area contributed by atoms with E-state index in [1.807, 2.05) is 0 Å². The van der Waals surface area contributed by atoms with Crippen molar-refractivity contribution in [3.05, 3.63) is 28.2 Å². The van der Waals surface area contributed by atoms with Crippen molar-refractivity contribution in [1.82, 2.24) is 0 Å². The number of ketones is 1. The maximum absolute atomic E-state index is 12.4. The molecule has 0 aliphatic carbocycles. The van der Waals surface area contributed by atoms with Crippen molar-refractivity contribution in [2.45, 2.75) is 19.3 Å². The van der Waals surface area contributed by atoms with E-state index in [0.717, 1.165) is 0 Å². The average molecular weight is 311 g/mol. The molecule has 6 heteroatoms. The van der Waals surface area contributed by atoms with E-state index in [-0.39, 0.29) is 18.1 Å². The zero-order valence-corrected chi connectivity index (χ0v) is 12.1. The van der Waals surface area contributed by atoms with Gasteiger partial charge in [-0.15, -0.1) is 0 Å². The Morgan fingerprint density at radius 1 is 1.40 bits per heavy atom. The van der Waals surface area contributed by atoms with E-state index in [4.69, 9.17) is 28.5 Å². The molecule has 1 saturated heterocycles. The molecule has 104 valence electrons. The number of rotatable bonds is 3. The summed E-state index contributed by atoms with van der Waals surface area (Å²) in [6.45, 7) is 0.535. The molecule has 0 bridgehead atoms. The van der Waals surface area contributed by atoms with Crippen LogP contribution in [0.15, 0.2) is 18.2 Å². The van der Waals surface area contributed by atoms with Gasteiger partial charge < -0.3 is 4.90 Å². The number of benzene rings is 1. The van der Waals surface area contributed by atoms with E-state index >= 15 is 0 Å². The quantitative estimate of drug-likeness (QED) is 0.805. The first-order chi connectivity index (χ1) is 9.54. The van der Waals surface area contributed by atoms with E-state index in [9.17, 15) is 9.59 Å². The Kier molecular flexibility index (Phi) is 4.64. The van der Waals surface area contributed by atoms with Gasteiger partial charge in [-0.2, -0.15) is 5.26 Å². The Labute approximate surface area is 126 Å². The minimum atomic E-state index is -0.724. The van der Waals surface area contributed by atoms with Crippen molar-refractivity contribution in [3.63, 3.8) is 0 Å². The highest BCUT2D eigenvalue weighted by Crippen LogP contribution is 2.30. The number of halogens is 2. The summed E-state index contributed by atoms with van der Waals surface area (Å²) in [5, 5.41) is 9.35. The number of hydrogen-bond donors (Lipinski definition) is 0. The van der Waals surface area contributed by atoms with Gasteiger partial charge in [0.1, 0.15) is 0 Å². The van der Waals surface area contributed by atoms with Gasteiger partial charge in [0.25, 0.3) is 0 Å². The number of piperidine rings is 1. The van der Waals surface area contributed by atoms with E-state index in [1.54, 1.807) is 24.3 Å². The Hall–Kier alpha value is -1.57. The number of hydrogen-bond acceptors (Lipinski definition) is 3. The highest BCUT2D eigenvalue weighted by Gasteiger charge is 2.34. The number of amides is 1. The summed E-state index contributed by atoms with van der Waals surface area (Å²) >= 11 is 11.8. The number of nitrogens with zero attached hydrogens (tertiary/aromatic N) is 2. The van der Waals surface area contributed by atoms with Gasteiger partial charge in [-0.25, -0.2) is 0 Å². The Morgan fingerprint density at radius 3 is 2.80 bits per heavy atom. The summed E-state index contributed by atoms with van der Waals surface area (Å²) in [4.78, 5) is 25.7. The van der Waals surface area contributed by atoms with Crippen LogP contribution in [0.2, 0.25) is 10.0 Å². The lowest BCUT2D eigenvalue weighted by molar-refractivity contribution is -0.133. The van der Waals surface area contributed by atoms with Crippen LogP contribution in [0.3, 0.4) is 0 Å². The second-order valence-electron chi connectivity index (χ2n) is 4.58. The number of nitriles is 1. The van der Waals surface area contributed by atoms with Gasteiger partial charge >= 0.3 is 0 Å². The summed E-state index contributed by atoms with van der Waals surface area (Å²) in [6, 6.07) is 6.72. The summed E-state index contributed by atoms with van der Waals surface area (Å²) in [5.74, 6) is -1.31. The van der Waals surface area contributed by atoms with Gasteiger partial charge in [0.15, 0.2) is 5.78 Å². The summed E-state index contributed by atoms with van der Waals surface area (Å²) in [7, 11) is 0. The largest absolute Gasteiger partial charge is 0.312 e. The first-order valence-electron chi connectivity index (χ1n) is 6.20. The van der Waals surface area contributed by atoms with Crippen LogP contribution in [0.4, 0.5) is 5.69 Å². The van der Waals surface area contributed by atoms with Crippen molar-refractivity contribution >= 4 is 40.6 Å². The molecule has 1 aliphatic rings. The van der Waals surface area contributed by atoms with Gasteiger partial charge in [0.05, 0.1) is 28.5 Å². The molecule has 1 atom stereocenters. The molecule has 1 aromatic rings. The van der Waals surface area contributed by atoms with Crippen molar-refractivity contribution < 1.29 is 9.59 Å². The van der Waals surface area contributed by atoms with E-state index < -0.39 is 5.92 Å². The number of anilines is 1. The lowest BCUT2D eigenvalue weighted by Crippen LogP contribution is -2.44. The third kappa shape index (κ3) is 2.95. The summed E-state index contributed by atoms with van der Waals surface area (Å²) in [5.41, 5.74) is 0.624. The van der Waals surface area contributed by atoms with Crippen molar-refractivity contribution in [2.24, 2.45) is 5.92 Å². The molecule has 0 unspecified atom stereocenters. The topological polar surface area (TPSA) is 61.2 Å². The molecule has 20 heavy (non-hydrogen) atoms. The maximum atomic E-state index is 12.4. The molecule has 1 amide bonds. The SMILES string of the molecule is N#CCC(=O)[C@H]1CCCN(c2ccc(Cl)c(Cl)c2)C1=O. The van der Waals surface area contributed by atoms with Crippen LogP contribution in [0.5, 0.6) is 0 Å². The first kappa shape index (κ1) is 14.8. The number of Topliss-reactive ketones (excluding diaryl/α,β-unsaturated/α-hetero) is 1. The molecular formula is C14H12Cl2N2O2. The third-order valence-corrected chi connectivity index (χ3v) is 4.03. The van der Waals surface area contributed by atoms with Gasteiger partial charge in [-0.3, -0.25) is 9.59 Å². The fourth-order valence-corrected chi connectivity index (χ4v) is 2.58. The van der Waals surface area contributed by atoms with Crippen LogP contribution in [-0.2, 0) is 9.59 Å². The Balaban J connectivity index is 2.24. The fraction of sp³-hybridized carbons (Fsp3) is 0.357. The normalized spacial score (nSPS) is 18.8. The zero-order chi connectivity index (χ0) is 14.7. The second-order valence-corrected chi connectivity index (χ2v) is 5.40. The molecule has 4 nitrogen and oxygen atoms in total. The van der Waals surface area contributed by atoms with Gasteiger partial charge in [0.2, 0.25) is 5.91 Å². The van der Waals surface area contributed by atoms with Crippen LogP contribution in [0, 0.1) is 17.2 Å². The highest BCUT2D eigenvalue weighted by atomic mass is 35.5. The minimum Gasteiger partial charge on any atom is -0.312 e. The molecule has 1 aromatic carbocycles. The molecule has 0 N–H and O–H groups in total. The van der Waals surface area contributed by atoms with Crippen LogP contribution >= 0.6 is 23.2 Å². The number of carbonyl (C=O) groups is 2. The molecule has 0 radical (unpaired) electrons. The lowest BCUT2D eigenvalue weighted by Gasteiger charge is -2.31. The van der Waals surface area contributed by atoms with Crippen molar-refractivity contribution in [2.75, 3.05) is 11.4 Å². The third-order valence-electron chi connectivity index (χ3n) is 3.30. The average Bonchev–Trinajstić information content (AvgIpc) is 2.42. The first-order valence-corrected chi connectivity index (χ1v) is 6.96. The molecule has 0 spiro atoms. The van der Waals surface area contributed by atoms with Gasteiger partial charge in [-0.05, 0) is 31.0 Å². The molecule has 0 aromatic heterocycles. The number of carbonyl (C=O) groups excluding carboxylic acids is 2. The van der Waals surface area contributed by atoms with Crippen LogP contribution in [-0.4, -0.2) is 18.2 Å². The van der Waals surface area contributed by atoms with Crippen LogP contribution < -0.4 is 4.90 Å². The monoisotopic (exact) mass is 310 g/mol. The van der Waals surface area contributed by atoms with Crippen molar-refractivity contribution in [1.29, 1.82) is 5.26 Å². The standard InChI is InChI=1S/C14H12Cl2N2O2/c15-11-4-3-9(8-12(11)16)18-7-1-2-10(14(18)20)13(19)5-6-17/h3-4,8,10H,1-2,5,7H2/t10-/m1/s1. The fourth-order valence-electron chi connectivity index (χ4n) is 2.28. The predicted molar refractivity (Wildman–Crippen MR) is 76.8 cm³/mol. The molecule has 1 fully saturated rings. The minimum absolute atomic E-state index is 0.231. The van der Waals surface area contributed by atoms with E-state index in [0.29, 0.717) is 35.1 Å². The Bertz CT molecular complexity index is 595.